The molecule has 6 N–H and O–H groups in total. The lowest BCUT2D eigenvalue weighted by Crippen LogP contribution is -2.33. The summed E-state index contributed by atoms with van der Waals surface area (Å²) < 4.78 is 14.1. The Morgan fingerprint density at radius 1 is 1.47 bits per heavy atom. The third kappa shape index (κ3) is 5.10. The number of nitrogen functional groups attached to an aromatic ring is 1. The second-order valence-corrected chi connectivity index (χ2v) is 7.72. The summed E-state index contributed by atoms with van der Waals surface area (Å²) in [5, 5.41) is 9.44. The fraction of sp³-hybridized carbons (Fsp3) is 0.368. The van der Waals surface area contributed by atoms with Gasteiger partial charge in [0.05, 0.1) is 29.6 Å². The molecule has 160 valence electrons. The van der Waals surface area contributed by atoms with Gasteiger partial charge in [-0.3, -0.25) is 14.6 Å². The number of aliphatic imine (C=N–C) groups is 1. The molecule has 0 aliphatic carbocycles. The quantitative estimate of drug-likeness (QED) is 0.346. The van der Waals surface area contributed by atoms with Gasteiger partial charge < -0.3 is 16.6 Å². The Bertz CT molecular complexity index is 987. The Morgan fingerprint density at radius 3 is 2.93 bits per heavy atom. The molecule has 1 amide bonds. The predicted octanol–water partition coefficient (Wildman–Crippen LogP) is 1.46. The standard InChI is InChI=1S/C19H22BrFN6O3/c1-9-16-14(26-19(23)24-9)8-13(11-5-4-10(21)7-12(11)20)25-18(16)27-30-6-2-3-15(28)17(22)29/h4-5,7,13,15,28H,2-3,6,8H2,1H3,(H2,22,29)(H,25,27)(H2,23,24,26)/t13-,15+/m1/s1. The molecule has 2 heterocycles. The van der Waals surface area contributed by atoms with Crippen molar-refractivity contribution in [2.75, 3.05) is 12.3 Å². The summed E-state index contributed by atoms with van der Waals surface area (Å²) >= 11 is 3.39. The highest BCUT2D eigenvalue weighted by atomic mass is 79.9. The smallest absolute Gasteiger partial charge is 0.246 e. The third-order valence-electron chi connectivity index (χ3n) is 4.63. The highest BCUT2D eigenvalue weighted by molar-refractivity contribution is 9.10. The molecule has 0 spiro atoms. The second kappa shape index (κ2) is 9.45. The number of hydroxylamine groups is 1. The van der Waals surface area contributed by atoms with E-state index in [1.54, 1.807) is 13.0 Å². The number of aromatic nitrogens is 2. The van der Waals surface area contributed by atoms with Crippen molar-refractivity contribution in [3.63, 3.8) is 0 Å². The molecule has 2 atom stereocenters. The number of aliphatic hydroxyl groups excluding tert-OH is 1. The summed E-state index contributed by atoms with van der Waals surface area (Å²) in [4.78, 5) is 29.6. The lowest BCUT2D eigenvalue weighted by molar-refractivity contribution is -0.126. The molecular formula is C19H22BrFN6O3. The van der Waals surface area contributed by atoms with Crippen molar-refractivity contribution in [2.45, 2.75) is 38.3 Å². The number of nitrogens with zero attached hydrogens (tertiary/aromatic N) is 3. The summed E-state index contributed by atoms with van der Waals surface area (Å²) in [5.74, 6) is -0.545. The summed E-state index contributed by atoms with van der Waals surface area (Å²) in [5.41, 5.74) is 16.5. The van der Waals surface area contributed by atoms with E-state index >= 15 is 0 Å². The van der Waals surface area contributed by atoms with Gasteiger partial charge >= 0.3 is 0 Å². The van der Waals surface area contributed by atoms with E-state index in [2.05, 4.69) is 31.4 Å². The molecule has 0 saturated heterocycles. The van der Waals surface area contributed by atoms with Gasteiger partial charge in [-0.2, -0.15) is 0 Å². The van der Waals surface area contributed by atoms with Crippen LogP contribution < -0.4 is 16.9 Å². The van der Waals surface area contributed by atoms with Crippen molar-refractivity contribution in [1.82, 2.24) is 15.4 Å². The van der Waals surface area contributed by atoms with Crippen LogP contribution in [0.1, 0.15) is 41.4 Å². The second-order valence-electron chi connectivity index (χ2n) is 6.86. The molecule has 1 aliphatic rings. The first-order chi connectivity index (χ1) is 14.3. The summed E-state index contributed by atoms with van der Waals surface area (Å²) in [6, 6.07) is 4.08. The summed E-state index contributed by atoms with van der Waals surface area (Å²) in [7, 11) is 0. The number of aryl methyl sites for hydroxylation is 1. The molecule has 2 aromatic rings. The van der Waals surface area contributed by atoms with Gasteiger partial charge in [-0.1, -0.05) is 22.0 Å². The third-order valence-corrected chi connectivity index (χ3v) is 5.32. The SMILES string of the molecule is Cc1nc(N)nc2c1C(NOCCC[C@H](O)C(N)=O)=N[C@@H](c1ccc(F)cc1Br)C2. The zero-order valence-electron chi connectivity index (χ0n) is 16.2. The number of benzene rings is 1. The molecule has 9 nitrogen and oxygen atoms in total. The maximum atomic E-state index is 13.5. The van der Waals surface area contributed by atoms with Crippen molar-refractivity contribution < 1.29 is 19.1 Å². The molecular weight excluding hydrogens is 459 g/mol. The highest BCUT2D eigenvalue weighted by Gasteiger charge is 2.27. The van der Waals surface area contributed by atoms with E-state index in [4.69, 9.17) is 21.3 Å². The Balaban J connectivity index is 1.80. The van der Waals surface area contributed by atoms with E-state index < -0.39 is 12.0 Å². The van der Waals surface area contributed by atoms with Gasteiger partial charge in [0, 0.05) is 10.9 Å². The van der Waals surface area contributed by atoms with Crippen LogP contribution in [-0.4, -0.2) is 39.5 Å². The number of amides is 1. The lowest BCUT2D eigenvalue weighted by atomic mass is 9.95. The Hall–Kier alpha value is -2.63. The first kappa shape index (κ1) is 22.1. The van der Waals surface area contributed by atoms with Gasteiger partial charge in [0.25, 0.3) is 0 Å². The van der Waals surface area contributed by atoms with Gasteiger partial charge in [-0.15, -0.1) is 0 Å². The van der Waals surface area contributed by atoms with Crippen LogP contribution in [0.5, 0.6) is 0 Å². The molecule has 0 saturated carbocycles. The molecule has 0 bridgehead atoms. The average Bonchev–Trinajstić information content (AvgIpc) is 2.66. The molecule has 11 heteroatoms. The van der Waals surface area contributed by atoms with Crippen LogP contribution in [0, 0.1) is 12.7 Å². The van der Waals surface area contributed by atoms with Crippen LogP contribution >= 0.6 is 15.9 Å². The van der Waals surface area contributed by atoms with Gasteiger partial charge in [-0.25, -0.2) is 19.8 Å². The van der Waals surface area contributed by atoms with Crippen molar-refractivity contribution in [2.24, 2.45) is 10.7 Å². The number of aliphatic hydroxyl groups is 1. The van der Waals surface area contributed by atoms with E-state index in [1.807, 2.05) is 0 Å². The summed E-state index contributed by atoms with van der Waals surface area (Å²) in [6.07, 6.45) is -0.158. The number of amidine groups is 1. The van der Waals surface area contributed by atoms with E-state index in [0.717, 1.165) is 5.56 Å². The van der Waals surface area contributed by atoms with Crippen LogP contribution in [0.2, 0.25) is 0 Å². The molecule has 1 aromatic carbocycles. The first-order valence-electron chi connectivity index (χ1n) is 9.27. The molecule has 0 unspecified atom stereocenters. The molecule has 30 heavy (non-hydrogen) atoms. The van der Waals surface area contributed by atoms with Gasteiger partial charge in [0.15, 0.2) is 5.84 Å². The van der Waals surface area contributed by atoms with Crippen LogP contribution in [0.25, 0.3) is 0 Å². The Kier molecular flexibility index (Phi) is 6.95. The van der Waals surface area contributed by atoms with E-state index in [1.165, 1.54) is 12.1 Å². The normalized spacial score (nSPS) is 16.5. The fourth-order valence-corrected chi connectivity index (χ4v) is 3.81. The maximum Gasteiger partial charge on any atom is 0.246 e. The van der Waals surface area contributed by atoms with E-state index in [-0.39, 0.29) is 30.8 Å². The van der Waals surface area contributed by atoms with Crippen LogP contribution in [0.3, 0.4) is 0 Å². The topological polar surface area (TPSA) is 149 Å². The molecule has 0 fully saturated rings. The van der Waals surface area contributed by atoms with Gasteiger partial charge in [-0.05, 0) is 37.5 Å². The number of carbonyl (C=O) groups is 1. The highest BCUT2D eigenvalue weighted by Crippen LogP contribution is 2.34. The lowest BCUT2D eigenvalue weighted by Gasteiger charge is -2.25. The predicted molar refractivity (Wildman–Crippen MR) is 112 cm³/mol. The van der Waals surface area contributed by atoms with Crippen LogP contribution in [-0.2, 0) is 16.1 Å². The summed E-state index contributed by atoms with van der Waals surface area (Å²) in [6.45, 7) is 2.00. The minimum Gasteiger partial charge on any atom is -0.383 e. The minimum absolute atomic E-state index is 0.158. The largest absolute Gasteiger partial charge is 0.383 e. The average molecular weight is 481 g/mol. The van der Waals surface area contributed by atoms with Crippen molar-refractivity contribution in [3.8, 4) is 0 Å². The number of anilines is 1. The molecule has 1 aromatic heterocycles. The zero-order chi connectivity index (χ0) is 21.8. The number of hydrogen-bond acceptors (Lipinski definition) is 8. The molecule has 0 radical (unpaired) electrons. The van der Waals surface area contributed by atoms with Crippen molar-refractivity contribution >= 4 is 33.6 Å². The molecule has 3 rings (SSSR count). The number of nitrogens with one attached hydrogen (secondary N) is 1. The Morgan fingerprint density at radius 2 is 2.23 bits per heavy atom. The maximum absolute atomic E-state index is 13.5. The monoisotopic (exact) mass is 480 g/mol. The number of fused-ring (bicyclic) bond motifs is 1. The van der Waals surface area contributed by atoms with E-state index in [0.29, 0.717) is 40.1 Å². The number of rotatable bonds is 7. The Labute approximate surface area is 180 Å². The number of hydrogen-bond donors (Lipinski definition) is 4. The van der Waals surface area contributed by atoms with Crippen molar-refractivity contribution in [3.05, 3.63) is 51.0 Å². The van der Waals surface area contributed by atoms with Crippen molar-refractivity contribution in [1.29, 1.82) is 0 Å². The van der Waals surface area contributed by atoms with Crippen LogP contribution in [0.15, 0.2) is 27.7 Å². The van der Waals surface area contributed by atoms with Gasteiger partial charge in [0.1, 0.15) is 11.9 Å². The van der Waals surface area contributed by atoms with Gasteiger partial charge in [0.2, 0.25) is 11.9 Å². The number of primary amides is 1. The number of nitrogens with two attached hydrogens (primary N) is 2. The minimum atomic E-state index is -1.21. The molecule has 1 aliphatic heterocycles. The van der Waals surface area contributed by atoms with Crippen LogP contribution in [0.4, 0.5) is 10.3 Å². The number of carbonyl (C=O) groups excluding carboxylic acids is 1. The fourth-order valence-electron chi connectivity index (χ4n) is 3.20. The number of halogens is 2. The van der Waals surface area contributed by atoms with E-state index in [9.17, 15) is 14.3 Å². The first-order valence-corrected chi connectivity index (χ1v) is 10.1. The zero-order valence-corrected chi connectivity index (χ0v) is 17.8.